The van der Waals surface area contributed by atoms with Gasteiger partial charge in [0.1, 0.15) is 17.5 Å². The molecular formula is C25H22FN3O. The van der Waals surface area contributed by atoms with Crippen molar-refractivity contribution in [2.24, 2.45) is 11.8 Å². The number of carbonyl (C=O) groups is 1. The van der Waals surface area contributed by atoms with E-state index in [0.717, 1.165) is 35.5 Å². The molecule has 1 heterocycles. The molecule has 5 heteroatoms. The summed E-state index contributed by atoms with van der Waals surface area (Å²) < 4.78 is 15.5. The van der Waals surface area contributed by atoms with Gasteiger partial charge in [-0.3, -0.25) is 4.79 Å². The van der Waals surface area contributed by atoms with E-state index in [1.54, 1.807) is 12.1 Å². The predicted molar refractivity (Wildman–Crippen MR) is 111 cm³/mol. The first-order chi connectivity index (χ1) is 14.5. The molecule has 1 fully saturated rings. The Morgan fingerprint density at radius 2 is 1.90 bits per heavy atom. The minimum atomic E-state index is -0.589. The van der Waals surface area contributed by atoms with E-state index in [-0.39, 0.29) is 22.9 Å². The summed E-state index contributed by atoms with van der Waals surface area (Å²) in [5.41, 5.74) is 4.67. The minimum absolute atomic E-state index is 0.0551. The number of nitrogens with zero attached hydrogens (tertiary/aromatic N) is 3. The molecular weight excluding hydrogens is 377 g/mol. The number of halogens is 1. The first kappa shape index (κ1) is 18.7. The Kier molecular flexibility index (Phi) is 4.32. The zero-order valence-corrected chi connectivity index (χ0v) is 16.8. The summed E-state index contributed by atoms with van der Waals surface area (Å²) in [5, 5.41) is 14.6. The van der Waals surface area contributed by atoms with Crippen LogP contribution in [0.2, 0.25) is 0 Å². The van der Waals surface area contributed by atoms with E-state index in [1.807, 2.05) is 22.9 Å². The SMILES string of the molecule is C[C@]12CC(C#N)C(=O)C[C@H]1CCc1c(-c3ccccc3)nn(-c3ccc(F)cc3)c12. The average Bonchev–Trinajstić information content (AvgIpc) is 3.16. The smallest absolute Gasteiger partial charge is 0.150 e. The maximum absolute atomic E-state index is 13.6. The summed E-state index contributed by atoms with van der Waals surface area (Å²) in [7, 11) is 0. The third kappa shape index (κ3) is 2.79. The van der Waals surface area contributed by atoms with Crippen LogP contribution in [0.15, 0.2) is 54.6 Å². The maximum Gasteiger partial charge on any atom is 0.150 e. The molecule has 0 spiro atoms. The number of hydrogen-bond donors (Lipinski definition) is 0. The fraction of sp³-hybridized carbons (Fsp3) is 0.320. The monoisotopic (exact) mass is 399 g/mol. The Morgan fingerprint density at radius 3 is 2.60 bits per heavy atom. The summed E-state index contributed by atoms with van der Waals surface area (Å²) >= 11 is 0. The largest absolute Gasteiger partial charge is 0.298 e. The number of rotatable bonds is 2. The quantitative estimate of drug-likeness (QED) is 0.609. The number of fused-ring (bicyclic) bond motifs is 3. The topological polar surface area (TPSA) is 58.7 Å². The summed E-state index contributed by atoms with van der Waals surface area (Å²) in [6.07, 6.45) is 2.68. The zero-order valence-electron chi connectivity index (χ0n) is 16.8. The van der Waals surface area contributed by atoms with Gasteiger partial charge in [0.05, 0.1) is 23.1 Å². The van der Waals surface area contributed by atoms with Crippen LogP contribution in [-0.2, 0) is 16.6 Å². The minimum Gasteiger partial charge on any atom is -0.298 e. The van der Waals surface area contributed by atoms with Crippen molar-refractivity contribution in [3.05, 3.63) is 71.7 Å². The van der Waals surface area contributed by atoms with Gasteiger partial charge in [-0.2, -0.15) is 10.4 Å². The Bertz CT molecular complexity index is 1160. The van der Waals surface area contributed by atoms with E-state index in [0.29, 0.717) is 12.8 Å². The molecule has 150 valence electrons. The van der Waals surface area contributed by atoms with Gasteiger partial charge in [-0.25, -0.2) is 9.07 Å². The normalized spacial score (nSPS) is 25.3. The van der Waals surface area contributed by atoms with Crippen LogP contribution in [-0.4, -0.2) is 15.6 Å². The van der Waals surface area contributed by atoms with Gasteiger partial charge in [-0.05, 0) is 49.4 Å². The van der Waals surface area contributed by atoms with Gasteiger partial charge in [0, 0.05) is 23.0 Å². The Labute approximate surface area is 175 Å². The molecule has 2 aliphatic carbocycles. The molecule has 0 bridgehead atoms. The van der Waals surface area contributed by atoms with E-state index >= 15 is 0 Å². The number of ketones is 1. The van der Waals surface area contributed by atoms with Crippen LogP contribution < -0.4 is 0 Å². The lowest BCUT2D eigenvalue weighted by Gasteiger charge is -2.46. The van der Waals surface area contributed by atoms with Crippen LogP contribution in [0, 0.1) is 29.0 Å². The number of hydrogen-bond acceptors (Lipinski definition) is 3. The van der Waals surface area contributed by atoms with Gasteiger partial charge < -0.3 is 0 Å². The molecule has 1 saturated carbocycles. The fourth-order valence-corrected chi connectivity index (χ4v) is 5.33. The number of Topliss-reactive ketones (excluding diaryl/α,β-unsaturated/α-hetero) is 1. The van der Waals surface area contributed by atoms with Crippen LogP contribution in [0.4, 0.5) is 4.39 Å². The van der Waals surface area contributed by atoms with Crippen molar-refractivity contribution in [2.75, 3.05) is 0 Å². The van der Waals surface area contributed by atoms with Crippen molar-refractivity contribution in [1.29, 1.82) is 5.26 Å². The van der Waals surface area contributed by atoms with Crippen molar-refractivity contribution in [1.82, 2.24) is 9.78 Å². The van der Waals surface area contributed by atoms with E-state index in [9.17, 15) is 14.4 Å². The van der Waals surface area contributed by atoms with Crippen molar-refractivity contribution in [2.45, 2.75) is 38.0 Å². The maximum atomic E-state index is 13.6. The molecule has 2 aliphatic rings. The van der Waals surface area contributed by atoms with E-state index in [4.69, 9.17) is 5.10 Å². The van der Waals surface area contributed by atoms with Gasteiger partial charge in [0.15, 0.2) is 0 Å². The van der Waals surface area contributed by atoms with E-state index in [1.165, 1.54) is 17.7 Å². The molecule has 0 aliphatic heterocycles. The molecule has 30 heavy (non-hydrogen) atoms. The fourth-order valence-electron chi connectivity index (χ4n) is 5.33. The second kappa shape index (κ2) is 6.91. The van der Waals surface area contributed by atoms with Crippen LogP contribution in [0.3, 0.4) is 0 Å². The molecule has 3 atom stereocenters. The summed E-state index contributed by atoms with van der Waals surface area (Å²) in [6.45, 7) is 2.17. The first-order valence-electron chi connectivity index (χ1n) is 10.4. The molecule has 2 aromatic carbocycles. The van der Waals surface area contributed by atoms with Gasteiger partial charge in [0.25, 0.3) is 0 Å². The number of aromatic nitrogens is 2. The summed E-state index contributed by atoms with van der Waals surface area (Å²) in [4.78, 5) is 12.5. The van der Waals surface area contributed by atoms with Crippen LogP contribution in [0.5, 0.6) is 0 Å². The lowest BCUT2D eigenvalue weighted by atomic mass is 9.57. The Balaban J connectivity index is 1.75. The molecule has 0 N–H and O–H groups in total. The van der Waals surface area contributed by atoms with E-state index in [2.05, 4.69) is 25.1 Å². The lowest BCUT2D eigenvalue weighted by Crippen LogP contribution is -2.46. The molecule has 3 aromatic rings. The zero-order chi connectivity index (χ0) is 20.9. The highest BCUT2D eigenvalue weighted by Gasteiger charge is 2.51. The van der Waals surface area contributed by atoms with Crippen molar-refractivity contribution in [3.8, 4) is 23.0 Å². The Hall–Kier alpha value is -3.26. The number of nitriles is 1. The molecule has 4 nitrogen and oxygen atoms in total. The number of carbonyl (C=O) groups excluding carboxylic acids is 1. The predicted octanol–water partition coefficient (Wildman–Crippen LogP) is 5.00. The third-order valence-corrected chi connectivity index (χ3v) is 6.91. The third-order valence-electron chi connectivity index (χ3n) is 6.91. The molecule has 0 amide bonds. The standard InChI is InChI=1S/C25H22FN3O/c1-25-14-17(15-27)22(30)13-18(25)7-12-21-23(16-5-3-2-4-6-16)28-29(24(21)25)20-10-8-19(26)9-11-20/h2-6,8-11,17-18H,7,12-14H2,1H3/t17?,18-,25+/m1/s1. The first-order valence-corrected chi connectivity index (χ1v) is 10.4. The van der Waals surface area contributed by atoms with Gasteiger partial charge in [0.2, 0.25) is 0 Å². The van der Waals surface area contributed by atoms with Gasteiger partial charge in [-0.1, -0.05) is 37.3 Å². The molecule has 0 radical (unpaired) electrons. The highest BCUT2D eigenvalue weighted by molar-refractivity contribution is 5.85. The second-order valence-corrected chi connectivity index (χ2v) is 8.64. The molecule has 0 saturated heterocycles. The van der Waals surface area contributed by atoms with Crippen molar-refractivity contribution in [3.63, 3.8) is 0 Å². The molecule has 1 unspecified atom stereocenters. The van der Waals surface area contributed by atoms with Crippen LogP contribution in [0.25, 0.3) is 16.9 Å². The van der Waals surface area contributed by atoms with Crippen molar-refractivity contribution >= 4 is 5.78 Å². The highest BCUT2D eigenvalue weighted by Crippen LogP contribution is 2.52. The molecule has 5 rings (SSSR count). The number of benzene rings is 2. The van der Waals surface area contributed by atoms with Crippen LogP contribution in [0.1, 0.15) is 37.4 Å². The van der Waals surface area contributed by atoms with Gasteiger partial charge in [-0.15, -0.1) is 0 Å². The Morgan fingerprint density at radius 1 is 1.17 bits per heavy atom. The summed E-state index contributed by atoms with van der Waals surface area (Å²) in [5.74, 6) is -0.643. The average molecular weight is 399 g/mol. The summed E-state index contributed by atoms with van der Waals surface area (Å²) in [6, 6.07) is 18.6. The van der Waals surface area contributed by atoms with Crippen LogP contribution >= 0.6 is 0 Å². The second-order valence-electron chi connectivity index (χ2n) is 8.64. The lowest BCUT2D eigenvalue weighted by molar-refractivity contribution is -0.126. The molecule has 1 aromatic heterocycles. The van der Waals surface area contributed by atoms with Gasteiger partial charge >= 0.3 is 0 Å². The highest BCUT2D eigenvalue weighted by atomic mass is 19.1. The van der Waals surface area contributed by atoms with E-state index < -0.39 is 5.92 Å². The van der Waals surface area contributed by atoms with Crippen molar-refractivity contribution < 1.29 is 9.18 Å².